The lowest BCUT2D eigenvalue weighted by molar-refractivity contribution is 0.0503. The van der Waals surface area contributed by atoms with E-state index in [0.29, 0.717) is 34.3 Å². The maximum absolute atomic E-state index is 13.0. The van der Waals surface area contributed by atoms with E-state index in [9.17, 15) is 9.59 Å². The molecule has 0 spiro atoms. The second kappa shape index (κ2) is 6.76. The molecule has 5 heteroatoms. The molecule has 0 fully saturated rings. The summed E-state index contributed by atoms with van der Waals surface area (Å²) in [4.78, 5) is 25.9. The summed E-state index contributed by atoms with van der Waals surface area (Å²) >= 11 is 0. The van der Waals surface area contributed by atoms with Crippen LogP contribution in [-0.2, 0) is 0 Å². The van der Waals surface area contributed by atoms with E-state index >= 15 is 0 Å². The maximum Gasteiger partial charge on any atom is 0.291 e. The number of rotatable bonds is 3. The van der Waals surface area contributed by atoms with Crippen molar-refractivity contribution in [1.29, 1.82) is 0 Å². The molecule has 29 heavy (non-hydrogen) atoms. The van der Waals surface area contributed by atoms with E-state index in [1.807, 2.05) is 52.8 Å². The lowest BCUT2D eigenvalue weighted by atomic mass is 9.87. The highest BCUT2D eigenvalue weighted by Gasteiger charge is 2.37. The van der Waals surface area contributed by atoms with Crippen LogP contribution in [0.5, 0.6) is 5.75 Å². The molecule has 1 aliphatic rings. The van der Waals surface area contributed by atoms with Crippen molar-refractivity contribution in [2.45, 2.75) is 53.1 Å². The smallest absolute Gasteiger partial charge is 0.291 e. The summed E-state index contributed by atoms with van der Waals surface area (Å²) in [5.74, 6) is 0.460. The third-order valence-electron chi connectivity index (χ3n) is 5.81. The molecule has 2 heterocycles. The zero-order chi connectivity index (χ0) is 20.9. The van der Waals surface area contributed by atoms with Gasteiger partial charge in [0, 0.05) is 16.6 Å². The number of benzene rings is 2. The first kappa shape index (κ1) is 19.2. The number of nitrogens with one attached hydrogen (secondary N) is 1. The number of hydrogen-bond donors (Lipinski definition) is 1. The summed E-state index contributed by atoms with van der Waals surface area (Å²) in [6.07, 6.45) is 1.05. The summed E-state index contributed by atoms with van der Waals surface area (Å²) in [6.45, 7) is 9.72. The van der Waals surface area contributed by atoms with E-state index < -0.39 is 5.60 Å². The van der Waals surface area contributed by atoms with Gasteiger partial charge in [0.05, 0.1) is 12.0 Å². The van der Waals surface area contributed by atoms with Crippen molar-refractivity contribution in [3.8, 4) is 5.75 Å². The molecule has 1 atom stereocenters. The summed E-state index contributed by atoms with van der Waals surface area (Å²) in [6, 6.07) is 9.37. The number of amides is 1. The zero-order valence-corrected chi connectivity index (χ0v) is 17.4. The van der Waals surface area contributed by atoms with Gasteiger partial charge >= 0.3 is 0 Å². The highest BCUT2D eigenvalue weighted by molar-refractivity contribution is 6.14. The van der Waals surface area contributed by atoms with Crippen LogP contribution < -0.4 is 10.1 Å². The molecule has 0 saturated heterocycles. The molecule has 150 valence electrons. The number of Topliss-reactive ketones (excluding diaryl/α,β-unsaturated/α-hetero) is 1. The number of ether oxygens (including phenoxy) is 1. The molecular formula is C24H25NO4. The SMILES string of the molecule is CCC1(C)CC(=O)c2c(ccc3oc(C(=O)Nc4ccc(C)cc4C)c(C)c23)O1. The first-order valence-corrected chi connectivity index (χ1v) is 9.89. The van der Waals surface area contributed by atoms with Gasteiger partial charge in [0.15, 0.2) is 11.5 Å². The number of hydrogen-bond acceptors (Lipinski definition) is 4. The van der Waals surface area contributed by atoms with E-state index in [4.69, 9.17) is 9.15 Å². The fourth-order valence-corrected chi connectivity index (χ4v) is 3.96. The predicted octanol–water partition coefficient (Wildman–Crippen LogP) is 5.74. The summed E-state index contributed by atoms with van der Waals surface area (Å²) in [7, 11) is 0. The average molecular weight is 391 g/mol. The standard InChI is InChI=1S/C24H25NO4/c1-6-24(5)12-17(26)21-19(29-24)10-9-18-20(21)15(4)22(28-18)23(27)25-16-8-7-13(2)11-14(16)3/h7-11H,6,12H2,1-5H3,(H,25,27). The van der Waals surface area contributed by atoms with E-state index in [2.05, 4.69) is 5.32 Å². The molecule has 3 aromatic rings. The Bertz CT molecular complexity index is 1160. The summed E-state index contributed by atoms with van der Waals surface area (Å²) in [5.41, 5.74) is 4.02. The lowest BCUT2D eigenvalue weighted by Crippen LogP contribution is -2.38. The molecule has 1 amide bonds. The molecule has 0 radical (unpaired) electrons. The van der Waals surface area contributed by atoms with Gasteiger partial charge in [-0.25, -0.2) is 0 Å². The van der Waals surface area contributed by atoms with Crippen LogP contribution in [0.25, 0.3) is 11.0 Å². The van der Waals surface area contributed by atoms with Crippen LogP contribution in [-0.4, -0.2) is 17.3 Å². The Morgan fingerprint density at radius 2 is 1.93 bits per heavy atom. The first-order chi connectivity index (χ1) is 13.7. The number of fused-ring (bicyclic) bond motifs is 3. The maximum atomic E-state index is 13.0. The highest BCUT2D eigenvalue weighted by atomic mass is 16.5. The Morgan fingerprint density at radius 3 is 2.62 bits per heavy atom. The summed E-state index contributed by atoms with van der Waals surface area (Å²) < 4.78 is 12.0. The minimum Gasteiger partial charge on any atom is -0.486 e. The Hall–Kier alpha value is -3.08. The first-order valence-electron chi connectivity index (χ1n) is 9.89. The van der Waals surface area contributed by atoms with Crippen LogP contribution in [0, 0.1) is 20.8 Å². The monoisotopic (exact) mass is 391 g/mol. The fourth-order valence-electron chi connectivity index (χ4n) is 3.96. The van der Waals surface area contributed by atoms with Crippen molar-refractivity contribution < 1.29 is 18.7 Å². The molecule has 0 bridgehead atoms. The number of anilines is 1. The Morgan fingerprint density at radius 1 is 1.17 bits per heavy atom. The van der Waals surface area contributed by atoms with Crippen LogP contribution in [0.3, 0.4) is 0 Å². The number of carbonyl (C=O) groups excluding carboxylic acids is 2. The fraction of sp³-hybridized carbons (Fsp3) is 0.333. The van der Waals surface area contributed by atoms with Gasteiger partial charge in [0.25, 0.3) is 5.91 Å². The molecule has 1 aromatic heterocycles. The van der Waals surface area contributed by atoms with Crippen LogP contribution in [0.4, 0.5) is 5.69 Å². The van der Waals surface area contributed by atoms with Crippen molar-refractivity contribution >= 4 is 28.3 Å². The van der Waals surface area contributed by atoms with Crippen molar-refractivity contribution in [3.63, 3.8) is 0 Å². The van der Waals surface area contributed by atoms with E-state index in [-0.39, 0.29) is 17.5 Å². The number of carbonyl (C=O) groups is 2. The lowest BCUT2D eigenvalue weighted by Gasteiger charge is -2.34. The van der Waals surface area contributed by atoms with Gasteiger partial charge in [-0.15, -0.1) is 0 Å². The molecule has 0 saturated carbocycles. The molecular weight excluding hydrogens is 366 g/mol. The van der Waals surface area contributed by atoms with Gasteiger partial charge in [0.2, 0.25) is 0 Å². The van der Waals surface area contributed by atoms with Gasteiger partial charge in [0.1, 0.15) is 16.9 Å². The van der Waals surface area contributed by atoms with Crippen LogP contribution >= 0.6 is 0 Å². The van der Waals surface area contributed by atoms with Gasteiger partial charge in [-0.1, -0.05) is 24.6 Å². The predicted molar refractivity (Wildman–Crippen MR) is 113 cm³/mol. The Balaban J connectivity index is 1.76. The molecule has 5 nitrogen and oxygen atoms in total. The average Bonchev–Trinajstić information content (AvgIpc) is 3.00. The number of furan rings is 1. The quantitative estimate of drug-likeness (QED) is 0.618. The van der Waals surface area contributed by atoms with Gasteiger partial charge in [-0.05, 0) is 57.9 Å². The molecule has 4 rings (SSSR count). The van der Waals surface area contributed by atoms with Crippen LogP contribution in [0.1, 0.15) is 64.3 Å². The van der Waals surface area contributed by atoms with Crippen molar-refractivity contribution in [3.05, 3.63) is 58.3 Å². The van der Waals surface area contributed by atoms with Gasteiger partial charge in [-0.3, -0.25) is 9.59 Å². The minimum absolute atomic E-state index is 0.0198. The van der Waals surface area contributed by atoms with Crippen molar-refractivity contribution in [2.75, 3.05) is 5.32 Å². The van der Waals surface area contributed by atoms with E-state index in [0.717, 1.165) is 23.2 Å². The number of aryl methyl sites for hydroxylation is 3. The van der Waals surface area contributed by atoms with Crippen molar-refractivity contribution in [1.82, 2.24) is 0 Å². The van der Waals surface area contributed by atoms with E-state index in [1.54, 1.807) is 12.1 Å². The molecule has 1 unspecified atom stereocenters. The van der Waals surface area contributed by atoms with Crippen LogP contribution in [0.15, 0.2) is 34.7 Å². The topological polar surface area (TPSA) is 68.5 Å². The van der Waals surface area contributed by atoms with Gasteiger partial charge in [-0.2, -0.15) is 0 Å². The second-order valence-electron chi connectivity index (χ2n) is 8.15. The van der Waals surface area contributed by atoms with Crippen LogP contribution in [0.2, 0.25) is 0 Å². The van der Waals surface area contributed by atoms with Crippen molar-refractivity contribution in [2.24, 2.45) is 0 Å². The highest BCUT2D eigenvalue weighted by Crippen LogP contribution is 2.41. The normalized spacial score (nSPS) is 18.4. The van der Waals surface area contributed by atoms with Gasteiger partial charge < -0.3 is 14.5 Å². The third-order valence-corrected chi connectivity index (χ3v) is 5.81. The molecule has 0 aliphatic carbocycles. The molecule has 1 N–H and O–H groups in total. The second-order valence-corrected chi connectivity index (χ2v) is 8.15. The Kier molecular flexibility index (Phi) is 4.49. The third kappa shape index (κ3) is 3.20. The Labute approximate surface area is 170 Å². The zero-order valence-electron chi connectivity index (χ0n) is 17.4. The minimum atomic E-state index is -0.501. The molecule has 2 aromatic carbocycles. The number of ketones is 1. The van der Waals surface area contributed by atoms with E-state index in [1.165, 1.54) is 0 Å². The largest absolute Gasteiger partial charge is 0.486 e. The summed E-state index contributed by atoms with van der Waals surface area (Å²) in [5, 5.41) is 3.58. The molecule has 1 aliphatic heterocycles.